The molecule has 5 aromatic heterocycles. The van der Waals surface area contributed by atoms with Crippen LogP contribution in [0.4, 0.5) is 21.5 Å². The number of rotatable bonds is 6. The predicted octanol–water partition coefficient (Wildman–Crippen LogP) is 3.57. The number of hydrogen-bond donors (Lipinski definition) is 4. The largest absolute Gasteiger partial charge is 0.481 e. The van der Waals surface area contributed by atoms with Gasteiger partial charge in [0.05, 0.1) is 7.11 Å². The van der Waals surface area contributed by atoms with Crippen molar-refractivity contribution in [1.29, 1.82) is 0 Å². The molecule has 5 aromatic rings. The topological polar surface area (TPSA) is 165 Å². The van der Waals surface area contributed by atoms with E-state index >= 15 is 0 Å². The number of carbonyl (C=O) groups is 2. The summed E-state index contributed by atoms with van der Waals surface area (Å²) in [5.74, 6) is 1.09. The highest BCUT2D eigenvalue weighted by Gasteiger charge is 2.09. The molecule has 0 aliphatic rings. The first-order valence-electron chi connectivity index (χ1n) is 11.9. The number of nitrogens with one attached hydrogen (secondary N) is 4. The number of hydrogen-bond acceptors (Lipinski definition) is 8. The molecule has 0 fully saturated rings. The molecule has 0 saturated carbocycles. The highest BCUT2D eigenvalue weighted by Crippen LogP contribution is 2.21. The van der Waals surface area contributed by atoms with Crippen LogP contribution in [-0.4, -0.2) is 66.4 Å². The molecule has 0 spiro atoms. The molecule has 5 rings (SSSR count). The highest BCUT2D eigenvalue weighted by molar-refractivity contribution is 9.10. The smallest absolute Gasteiger partial charge is 0.321 e. The Kier molecular flexibility index (Phi) is 8.83. The van der Waals surface area contributed by atoms with Crippen LogP contribution in [0.25, 0.3) is 22.4 Å². The van der Waals surface area contributed by atoms with Crippen molar-refractivity contribution < 1.29 is 14.3 Å². The van der Waals surface area contributed by atoms with Crippen LogP contribution < -0.4 is 26.0 Å². The maximum absolute atomic E-state index is 11.5. The van der Waals surface area contributed by atoms with Crippen molar-refractivity contribution in [2.45, 2.75) is 13.8 Å². The Morgan fingerprint density at radius 3 is 1.97 bits per heavy atom. The molecule has 15 heteroatoms. The third-order valence-electron chi connectivity index (χ3n) is 5.04. The second-order valence-electron chi connectivity index (χ2n) is 7.79. The van der Waals surface area contributed by atoms with Gasteiger partial charge in [0, 0.05) is 47.8 Å². The van der Waals surface area contributed by atoms with E-state index in [1.807, 2.05) is 44.2 Å². The molecule has 0 atom stereocenters. The van der Waals surface area contributed by atoms with Gasteiger partial charge in [0.25, 0.3) is 11.9 Å². The van der Waals surface area contributed by atoms with E-state index in [0.717, 1.165) is 15.6 Å². The van der Waals surface area contributed by atoms with Gasteiger partial charge in [-0.05, 0) is 49.7 Å². The van der Waals surface area contributed by atoms with E-state index in [0.29, 0.717) is 30.3 Å². The van der Waals surface area contributed by atoms with Crippen molar-refractivity contribution in [3.8, 4) is 17.0 Å². The Bertz CT molecular complexity index is 1580. The molecule has 4 N–H and O–H groups in total. The summed E-state index contributed by atoms with van der Waals surface area (Å²) in [5.41, 5.74) is 3.19. The molecular formula is C24H26BrN11O3. The van der Waals surface area contributed by atoms with Gasteiger partial charge in [-0.3, -0.25) is 10.6 Å². The average Bonchev–Trinajstić information content (AvgIpc) is 3.51. The van der Waals surface area contributed by atoms with Gasteiger partial charge in [-0.2, -0.15) is 9.97 Å². The fraction of sp³-hybridized carbons (Fsp3) is 0.208. The Morgan fingerprint density at radius 1 is 0.846 bits per heavy atom. The minimum atomic E-state index is -0.331. The van der Waals surface area contributed by atoms with Crippen molar-refractivity contribution in [3.05, 3.63) is 59.5 Å². The van der Waals surface area contributed by atoms with Gasteiger partial charge in [0.1, 0.15) is 0 Å². The third-order valence-corrected chi connectivity index (χ3v) is 5.53. The maximum atomic E-state index is 11.5. The molecule has 202 valence electrons. The Labute approximate surface area is 231 Å². The Hall–Kier alpha value is -4.79. The van der Waals surface area contributed by atoms with Crippen molar-refractivity contribution in [2.24, 2.45) is 0 Å². The van der Waals surface area contributed by atoms with Gasteiger partial charge in [0.15, 0.2) is 11.3 Å². The summed E-state index contributed by atoms with van der Waals surface area (Å²) in [6, 6.07) is 10.5. The second-order valence-corrected chi connectivity index (χ2v) is 8.71. The normalized spacial score (nSPS) is 10.5. The number of urea groups is 2. The number of carbonyl (C=O) groups excluding carboxylic acids is 2. The quantitative estimate of drug-likeness (QED) is 0.231. The van der Waals surface area contributed by atoms with E-state index in [-0.39, 0.29) is 24.0 Å². The van der Waals surface area contributed by atoms with Crippen molar-refractivity contribution in [1.82, 2.24) is 44.8 Å². The lowest BCUT2D eigenvalue weighted by Crippen LogP contribution is -2.28. The van der Waals surface area contributed by atoms with Crippen LogP contribution in [0.3, 0.4) is 0 Å². The first kappa shape index (κ1) is 27.3. The molecule has 4 amide bonds. The number of ether oxygens (including phenoxy) is 1. The van der Waals surface area contributed by atoms with Crippen LogP contribution in [0.15, 0.2) is 59.5 Å². The van der Waals surface area contributed by atoms with Crippen LogP contribution in [-0.2, 0) is 0 Å². The van der Waals surface area contributed by atoms with E-state index in [4.69, 9.17) is 4.74 Å². The van der Waals surface area contributed by atoms with Crippen LogP contribution in [0.1, 0.15) is 13.8 Å². The average molecular weight is 596 g/mol. The summed E-state index contributed by atoms with van der Waals surface area (Å²) in [5, 5.41) is 18.6. The molecule has 14 nitrogen and oxygen atoms in total. The molecule has 39 heavy (non-hydrogen) atoms. The molecule has 0 saturated heterocycles. The number of fused-ring (bicyclic) bond motifs is 2. The summed E-state index contributed by atoms with van der Waals surface area (Å²) >= 11 is 3.34. The molecule has 0 radical (unpaired) electrons. The number of nitrogens with zero attached hydrogens (tertiary/aromatic N) is 7. The van der Waals surface area contributed by atoms with Crippen molar-refractivity contribution in [3.63, 3.8) is 0 Å². The second kappa shape index (κ2) is 12.6. The lowest BCUT2D eigenvalue weighted by atomic mass is 10.1. The van der Waals surface area contributed by atoms with Crippen LogP contribution in [0.5, 0.6) is 5.88 Å². The molecule has 0 bridgehead atoms. The molecule has 0 unspecified atom stereocenters. The SMILES string of the molecule is CCNC(=O)Nc1nc2cc(-c3ccc(OC)nc3)ccn2n1.CCNC(=O)Nc1nc2cc(Br)ccn2n1. The van der Waals surface area contributed by atoms with Gasteiger partial charge in [-0.25, -0.2) is 23.6 Å². The fourth-order valence-electron chi connectivity index (χ4n) is 3.31. The molecular weight excluding hydrogens is 570 g/mol. The van der Waals surface area contributed by atoms with Crippen molar-refractivity contribution in [2.75, 3.05) is 30.8 Å². The first-order chi connectivity index (χ1) is 18.9. The van der Waals surface area contributed by atoms with Crippen LogP contribution in [0.2, 0.25) is 0 Å². The summed E-state index contributed by atoms with van der Waals surface area (Å²) in [6.07, 6.45) is 5.27. The number of pyridine rings is 3. The molecule has 5 heterocycles. The van der Waals surface area contributed by atoms with Gasteiger partial charge in [-0.15, -0.1) is 10.2 Å². The summed E-state index contributed by atoms with van der Waals surface area (Å²) < 4.78 is 9.15. The zero-order chi connectivity index (χ0) is 27.8. The van der Waals surface area contributed by atoms with E-state index in [1.54, 1.807) is 40.8 Å². The van der Waals surface area contributed by atoms with Gasteiger partial charge < -0.3 is 15.4 Å². The summed E-state index contributed by atoms with van der Waals surface area (Å²) in [4.78, 5) is 35.4. The highest BCUT2D eigenvalue weighted by atomic mass is 79.9. The maximum Gasteiger partial charge on any atom is 0.321 e. The lowest BCUT2D eigenvalue weighted by Gasteiger charge is -2.02. The predicted molar refractivity (Wildman–Crippen MR) is 149 cm³/mol. The number of anilines is 2. The zero-order valence-corrected chi connectivity index (χ0v) is 22.9. The number of halogens is 1. The van der Waals surface area contributed by atoms with E-state index < -0.39 is 0 Å². The van der Waals surface area contributed by atoms with Gasteiger partial charge in [0.2, 0.25) is 5.88 Å². The number of aromatic nitrogens is 7. The van der Waals surface area contributed by atoms with Crippen LogP contribution in [0, 0.1) is 0 Å². The van der Waals surface area contributed by atoms with E-state index in [1.165, 1.54) is 0 Å². The van der Waals surface area contributed by atoms with Gasteiger partial charge in [-0.1, -0.05) is 15.9 Å². The van der Waals surface area contributed by atoms with E-state index in [2.05, 4.69) is 62.3 Å². The standard InChI is InChI=1S/C15H16N6O2.C9H10BrN5O/c1-3-16-15(22)19-14-18-12-8-10(6-7-21(12)20-14)11-4-5-13(23-2)17-9-11;1-2-11-9(16)13-8-12-7-5-6(10)3-4-15(7)14-8/h4-9H,3H2,1-2H3,(H2,16,19,20,22);3-5H,2H2,1H3,(H2,11,13,14,16). The monoisotopic (exact) mass is 595 g/mol. The number of amides is 4. The molecule has 0 aromatic carbocycles. The zero-order valence-electron chi connectivity index (χ0n) is 21.3. The lowest BCUT2D eigenvalue weighted by molar-refractivity contribution is 0.251. The first-order valence-corrected chi connectivity index (χ1v) is 12.7. The minimum absolute atomic E-state index is 0.251. The Morgan fingerprint density at radius 2 is 1.44 bits per heavy atom. The molecule has 0 aliphatic heterocycles. The third kappa shape index (κ3) is 7.16. The number of methoxy groups -OCH3 is 1. The summed E-state index contributed by atoms with van der Waals surface area (Å²) in [6.45, 7) is 4.78. The summed E-state index contributed by atoms with van der Waals surface area (Å²) in [7, 11) is 1.58. The molecule has 0 aliphatic carbocycles. The van der Waals surface area contributed by atoms with Crippen LogP contribution >= 0.6 is 15.9 Å². The fourth-order valence-corrected chi connectivity index (χ4v) is 3.63. The minimum Gasteiger partial charge on any atom is -0.481 e. The van der Waals surface area contributed by atoms with E-state index in [9.17, 15) is 9.59 Å². The van der Waals surface area contributed by atoms with Gasteiger partial charge >= 0.3 is 12.1 Å². The van der Waals surface area contributed by atoms with Crippen molar-refractivity contribution >= 4 is 51.2 Å². The Balaban J connectivity index is 0.000000193.